The van der Waals surface area contributed by atoms with E-state index in [9.17, 15) is 9.90 Å². The first kappa shape index (κ1) is 12.5. The molecule has 1 N–H and O–H groups in total. The van der Waals surface area contributed by atoms with Crippen LogP contribution in [0, 0.1) is 0 Å². The maximum Gasteiger partial charge on any atom is 0.192 e. The molecule has 0 spiro atoms. The minimum Gasteiger partial charge on any atom is -0.507 e. The molecule has 4 heteroatoms. The Bertz CT molecular complexity index is 360. The molecule has 0 radical (unpaired) electrons. The zero-order chi connectivity index (χ0) is 12.0. The SMILES string of the molecule is CCOCC(=O)c1ccc(OCC)cc1O. The zero-order valence-corrected chi connectivity index (χ0v) is 9.53. The van der Waals surface area contributed by atoms with Gasteiger partial charge in [0.25, 0.3) is 0 Å². The molecule has 0 heterocycles. The fourth-order valence-corrected chi connectivity index (χ4v) is 1.28. The van der Waals surface area contributed by atoms with Crippen LogP contribution in [0.5, 0.6) is 11.5 Å². The van der Waals surface area contributed by atoms with Gasteiger partial charge in [0.1, 0.15) is 18.1 Å². The van der Waals surface area contributed by atoms with Gasteiger partial charge in [-0.05, 0) is 26.0 Å². The lowest BCUT2D eigenvalue weighted by Crippen LogP contribution is -2.09. The third-order valence-corrected chi connectivity index (χ3v) is 2.02. The van der Waals surface area contributed by atoms with Crippen molar-refractivity contribution in [3.63, 3.8) is 0 Å². The predicted octanol–water partition coefficient (Wildman–Crippen LogP) is 2.01. The van der Waals surface area contributed by atoms with Crippen molar-refractivity contribution in [1.82, 2.24) is 0 Å². The number of rotatable bonds is 6. The van der Waals surface area contributed by atoms with Crippen LogP contribution in [0.3, 0.4) is 0 Å². The fraction of sp³-hybridized carbons (Fsp3) is 0.417. The fourth-order valence-electron chi connectivity index (χ4n) is 1.28. The second kappa shape index (κ2) is 6.12. The molecule has 0 aliphatic carbocycles. The van der Waals surface area contributed by atoms with Gasteiger partial charge < -0.3 is 14.6 Å². The van der Waals surface area contributed by atoms with Gasteiger partial charge >= 0.3 is 0 Å². The summed E-state index contributed by atoms with van der Waals surface area (Å²) < 4.78 is 10.2. The van der Waals surface area contributed by atoms with E-state index in [0.29, 0.717) is 19.0 Å². The van der Waals surface area contributed by atoms with E-state index in [4.69, 9.17) is 9.47 Å². The molecule has 0 saturated heterocycles. The Morgan fingerprint density at radius 3 is 2.62 bits per heavy atom. The van der Waals surface area contributed by atoms with Crippen LogP contribution in [-0.4, -0.2) is 30.7 Å². The van der Waals surface area contributed by atoms with Gasteiger partial charge in [-0.15, -0.1) is 0 Å². The lowest BCUT2D eigenvalue weighted by molar-refractivity contribution is 0.0780. The smallest absolute Gasteiger partial charge is 0.192 e. The molecule has 16 heavy (non-hydrogen) atoms. The summed E-state index contributed by atoms with van der Waals surface area (Å²) >= 11 is 0. The van der Waals surface area contributed by atoms with E-state index in [2.05, 4.69) is 0 Å². The first-order chi connectivity index (χ1) is 7.69. The molecule has 1 aromatic carbocycles. The van der Waals surface area contributed by atoms with Crippen molar-refractivity contribution in [3.05, 3.63) is 23.8 Å². The Morgan fingerprint density at radius 2 is 2.06 bits per heavy atom. The molecule has 0 aliphatic rings. The lowest BCUT2D eigenvalue weighted by atomic mass is 10.1. The van der Waals surface area contributed by atoms with Crippen molar-refractivity contribution >= 4 is 5.78 Å². The molecule has 0 fully saturated rings. The van der Waals surface area contributed by atoms with Crippen molar-refractivity contribution in [2.75, 3.05) is 19.8 Å². The molecule has 0 aromatic heterocycles. The molecule has 88 valence electrons. The number of ketones is 1. The number of ether oxygens (including phenoxy) is 2. The molecule has 0 unspecified atom stereocenters. The number of benzene rings is 1. The van der Waals surface area contributed by atoms with Crippen LogP contribution in [-0.2, 0) is 4.74 Å². The van der Waals surface area contributed by atoms with Crippen LogP contribution >= 0.6 is 0 Å². The van der Waals surface area contributed by atoms with E-state index >= 15 is 0 Å². The van der Waals surface area contributed by atoms with Gasteiger partial charge in [0.05, 0.1) is 12.2 Å². The highest BCUT2D eigenvalue weighted by molar-refractivity contribution is 5.99. The van der Waals surface area contributed by atoms with Crippen LogP contribution < -0.4 is 4.74 Å². The standard InChI is InChI=1S/C12H16O4/c1-3-15-8-12(14)10-6-5-9(16-4-2)7-11(10)13/h5-7,13H,3-4,8H2,1-2H3. The minimum absolute atomic E-state index is 0.0158. The van der Waals surface area contributed by atoms with E-state index in [1.54, 1.807) is 12.1 Å². The maximum atomic E-state index is 11.6. The summed E-state index contributed by atoms with van der Waals surface area (Å²) in [5.74, 6) is 0.242. The van der Waals surface area contributed by atoms with Crippen LogP contribution in [0.2, 0.25) is 0 Å². The third-order valence-electron chi connectivity index (χ3n) is 2.02. The van der Waals surface area contributed by atoms with Crippen molar-refractivity contribution < 1.29 is 19.4 Å². The molecule has 0 aliphatic heterocycles. The predicted molar refractivity (Wildman–Crippen MR) is 60.1 cm³/mol. The molecule has 0 amide bonds. The van der Waals surface area contributed by atoms with Gasteiger partial charge in [-0.1, -0.05) is 0 Å². The largest absolute Gasteiger partial charge is 0.507 e. The molecule has 0 bridgehead atoms. The molecule has 1 rings (SSSR count). The summed E-state index contributed by atoms with van der Waals surface area (Å²) in [6.45, 7) is 4.64. The summed E-state index contributed by atoms with van der Waals surface area (Å²) in [4.78, 5) is 11.6. The number of Topliss-reactive ketones (excluding diaryl/α,β-unsaturated/α-hetero) is 1. The molecular formula is C12H16O4. The van der Waals surface area contributed by atoms with Crippen molar-refractivity contribution in [1.29, 1.82) is 0 Å². The molecule has 1 aromatic rings. The Labute approximate surface area is 94.8 Å². The summed E-state index contributed by atoms with van der Waals surface area (Å²) in [7, 11) is 0. The monoisotopic (exact) mass is 224 g/mol. The molecule has 0 atom stereocenters. The summed E-state index contributed by atoms with van der Waals surface area (Å²) in [5.41, 5.74) is 0.261. The van der Waals surface area contributed by atoms with Gasteiger partial charge in [-0.3, -0.25) is 4.79 Å². The van der Waals surface area contributed by atoms with Crippen molar-refractivity contribution in [3.8, 4) is 11.5 Å². The highest BCUT2D eigenvalue weighted by atomic mass is 16.5. The van der Waals surface area contributed by atoms with Crippen molar-refractivity contribution in [2.45, 2.75) is 13.8 Å². The second-order valence-corrected chi connectivity index (χ2v) is 3.17. The number of carbonyl (C=O) groups excluding carboxylic acids is 1. The molecule has 0 saturated carbocycles. The highest BCUT2D eigenvalue weighted by Crippen LogP contribution is 2.24. The topological polar surface area (TPSA) is 55.8 Å². The van der Waals surface area contributed by atoms with E-state index in [1.807, 2.05) is 13.8 Å². The van der Waals surface area contributed by atoms with E-state index in [0.717, 1.165) is 0 Å². The van der Waals surface area contributed by atoms with E-state index in [1.165, 1.54) is 6.07 Å². The average molecular weight is 224 g/mol. The summed E-state index contributed by atoms with van der Waals surface area (Å²) in [5, 5.41) is 9.63. The lowest BCUT2D eigenvalue weighted by Gasteiger charge is -2.07. The Morgan fingerprint density at radius 1 is 1.31 bits per heavy atom. The summed E-state index contributed by atoms with van der Waals surface area (Å²) in [6.07, 6.45) is 0. The third kappa shape index (κ3) is 3.24. The minimum atomic E-state index is -0.234. The van der Waals surface area contributed by atoms with Gasteiger partial charge in [0.2, 0.25) is 0 Å². The number of hydrogen-bond donors (Lipinski definition) is 1. The Hall–Kier alpha value is -1.55. The van der Waals surface area contributed by atoms with Gasteiger partial charge in [0.15, 0.2) is 5.78 Å². The summed E-state index contributed by atoms with van der Waals surface area (Å²) in [6, 6.07) is 4.63. The van der Waals surface area contributed by atoms with E-state index < -0.39 is 0 Å². The van der Waals surface area contributed by atoms with Crippen LogP contribution in [0.15, 0.2) is 18.2 Å². The van der Waals surface area contributed by atoms with Gasteiger partial charge in [0, 0.05) is 12.7 Å². The first-order valence-corrected chi connectivity index (χ1v) is 5.25. The second-order valence-electron chi connectivity index (χ2n) is 3.17. The Balaban J connectivity index is 2.77. The van der Waals surface area contributed by atoms with Crippen LogP contribution in [0.4, 0.5) is 0 Å². The number of phenolic OH excluding ortho intramolecular Hbond substituents is 1. The quantitative estimate of drug-likeness (QED) is 0.751. The highest BCUT2D eigenvalue weighted by Gasteiger charge is 2.11. The van der Waals surface area contributed by atoms with Gasteiger partial charge in [-0.2, -0.15) is 0 Å². The van der Waals surface area contributed by atoms with Crippen LogP contribution in [0.1, 0.15) is 24.2 Å². The average Bonchev–Trinajstić information content (AvgIpc) is 2.26. The van der Waals surface area contributed by atoms with Crippen LogP contribution in [0.25, 0.3) is 0 Å². The maximum absolute atomic E-state index is 11.6. The number of aromatic hydroxyl groups is 1. The first-order valence-electron chi connectivity index (χ1n) is 5.25. The van der Waals surface area contributed by atoms with Crippen molar-refractivity contribution in [2.24, 2.45) is 0 Å². The number of carbonyl (C=O) groups is 1. The van der Waals surface area contributed by atoms with Gasteiger partial charge in [-0.25, -0.2) is 0 Å². The normalized spacial score (nSPS) is 10.1. The Kier molecular flexibility index (Phi) is 4.79. The number of hydrogen-bond acceptors (Lipinski definition) is 4. The molecule has 4 nitrogen and oxygen atoms in total. The van der Waals surface area contributed by atoms with E-state index in [-0.39, 0.29) is 23.7 Å². The number of phenols is 1. The molecular weight excluding hydrogens is 208 g/mol. The zero-order valence-electron chi connectivity index (χ0n) is 9.53.